The lowest BCUT2D eigenvalue weighted by molar-refractivity contribution is -0.123. The topological polar surface area (TPSA) is 121 Å². The number of hydrogen-bond donors (Lipinski definition) is 2. The van der Waals surface area contributed by atoms with Gasteiger partial charge in [-0.2, -0.15) is 5.10 Å². The van der Waals surface area contributed by atoms with Crippen molar-refractivity contribution in [1.82, 2.24) is 20.1 Å². The van der Waals surface area contributed by atoms with Gasteiger partial charge in [-0.05, 0) is 56.0 Å². The van der Waals surface area contributed by atoms with Crippen molar-refractivity contribution in [2.24, 2.45) is 11.7 Å². The molecule has 4 aromatic rings. The Morgan fingerprint density at radius 2 is 1.91 bits per heavy atom. The van der Waals surface area contributed by atoms with Gasteiger partial charge in [0.05, 0.1) is 17.2 Å². The van der Waals surface area contributed by atoms with E-state index in [1.807, 2.05) is 6.07 Å². The number of benzene rings is 2. The van der Waals surface area contributed by atoms with E-state index in [9.17, 15) is 18.4 Å². The van der Waals surface area contributed by atoms with Crippen molar-refractivity contribution in [3.63, 3.8) is 0 Å². The second kappa shape index (κ2) is 10.6. The number of rotatable bonds is 9. The minimum Gasteiger partial charge on any atom is -0.494 e. The van der Waals surface area contributed by atoms with Gasteiger partial charge >= 0.3 is 0 Å². The van der Waals surface area contributed by atoms with E-state index in [1.165, 1.54) is 23.9 Å². The number of nitrogens with zero attached hydrogens (tertiary/aromatic N) is 3. The van der Waals surface area contributed by atoms with Crippen molar-refractivity contribution in [2.75, 3.05) is 20.3 Å². The molecule has 2 atom stereocenters. The first-order valence-electron chi connectivity index (χ1n) is 14.6. The van der Waals surface area contributed by atoms with Crippen LogP contribution in [0.25, 0.3) is 22.2 Å². The van der Waals surface area contributed by atoms with Gasteiger partial charge in [-0.1, -0.05) is 23.2 Å². The Hall–Kier alpha value is -3.96. The number of ether oxygens (including phenoxy) is 2. The highest BCUT2D eigenvalue weighted by Crippen LogP contribution is 2.49. The van der Waals surface area contributed by atoms with Crippen molar-refractivity contribution in [2.45, 2.75) is 49.7 Å². The van der Waals surface area contributed by atoms with Crippen LogP contribution in [-0.4, -0.2) is 46.8 Å². The molecule has 3 N–H and O–H groups in total. The summed E-state index contributed by atoms with van der Waals surface area (Å²) in [4.78, 5) is 31.0. The minimum atomic E-state index is -1.49. The molecule has 0 radical (unpaired) electrons. The molecule has 2 amide bonds. The zero-order chi connectivity index (χ0) is 31.8. The van der Waals surface area contributed by atoms with E-state index >= 15 is 0 Å². The summed E-state index contributed by atoms with van der Waals surface area (Å²) in [5, 5.41) is 7.62. The minimum absolute atomic E-state index is 0.00765. The van der Waals surface area contributed by atoms with Crippen molar-refractivity contribution < 1.29 is 27.8 Å². The van der Waals surface area contributed by atoms with E-state index in [4.69, 9.17) is 43.4 Å². The van der Waals surface area contributed by atoms with Gasteiger partial charge in [0.1, 0.15) is 34.7 Å². The van der Waals surface area contributed by atoms with Gasteiger partial charge < -0.3 is 20.5 Å². The van der Waals surface area contributed by atoms with E-state index in [1.54, 1.807) is 25.3 Å². The van der Waals surface area contributed by atoms with Crippen LogP contribution in [0.5, 0.6) is 11.5 Å². The zero-order valence-corrected chi connectivity index (χ0v) is 25.9. The molecule has 2 fully saturated rings. The largest absolute Gasteiger partial charge is 0.494 e. The van der Waals surface area contributed by atoms with Crippen molar-refractivity contribution in [1.29, 1.82) is 0 Å². The molecule has 234 valence electrons. The number of carbonyl (C=O) groups is 2. The molecular formula is C32H29Cl2F2N5O4. The Morgan fingerprint density at radius 1 is 1.20 bits per heavy atom. The van der Waals surface area contributed by atoms with Crippen molar-refractivity contribution >= 4 is 45.9 Å². The molecule has 2 saturated carbocycles. The number of primary amides is 1. The second-order valence-electron chi connectivity index (χ2n) is 12.3. The number of carbonyl (C=O) groups excluding carboxylic acids is 2. The van der Waals surface area contributed by atoms with Gasteiger partial charge in [-0.3, -0.25) is 9.59 Å². The van der Waals surface area contributed by atoms with Gasteiger partial charge in [-0.15, -0.1) is 0 Å². The maximum Gasteiger partial charge on any atom is 0.251 e. The third kappa shape index (κ3) is 5.06. The SMILES string of the molecule is COc1cc(C(=O)NCC(c2cc3c(c(-c4cc(Cl)c(F)c(Cl)c4)n2)OC[C@]3(C)C(N)=O)C2CC2)cc2cn(C3(F)CC3)nc12. The number of amides is 2. The number of halogens is 4. The van der Waals surface area contributed by atoms with Crippen LogP contribution in [0.4, 0.5) is 8.78 Å². The smallest absolute Gasteiger partial charge is 0.251 e. The van der Waals surface area contributed by atoms with E-state index in [2.05, 4.69) is 10.4 Å². The summed E-state index contributed by atoms with van der Waals surface area (Å²) in [6.07, 6.45) is 4.23. The van der Waals surface area contributed by atoms with Crippen LogP contribution in [0.2, 0.25) is 10.0 Å². The molecule has 13 heteroatoms. The number of aromatic nitrogens is 3. The number of fused-ring (bicyclic) bond motifs is 2. The monoisotopic (exact) mass is 655 g/mol. The van der Waals surface area contributed by atoms with E-state index in [0.29, 0.717) is 63.3 Å². The Kier molecular flexibility index (Phi) is 6.97. The fraction of sp³-hybridized carbons (Fsp3) is 0.375. The first-order chi connectivity index (χ1) is 21.4. The third-order valence-corrected chi connectivity index (χ3v) is 9.63. The molecule has 3 heterocycles. The molecule has 0 spiro atoms. The molecule has 1 unspecified atom stereocenters. The summed E-state index contributed by atoms with van der Waals surface area (Å²) in [5.74, 6) is -2.45. The summed E-state index contributed by atoms with van der Waals surface area (Å²) in [5.41, 5.74) is 7.44. The van der Waals surface area contributed by atoms with Crippen LogP contribution in [0.3, 0.4) is 0 Å². The van der Waals surface area contributed by atoms with Crippen LogP contribution in [0, 0.1) is 11.7 Å². The molecule has 3 aliphatic rings. The number of nitrogens with one attached hydrogen (secondary N) is 1. The van der Waals surface area contributed by atoms with Gasteiger partial charge in [0.15, 0.2) is 5.82 Å². The second-order valence-corrected chi connectivity index (χ2v) is 13.1. The number of methoxy groups -OCH3 is 1. The molecule has 9 nitrogen and oxygen atoms in total. The maximum atomic E-state index is 14.7. The van der Waals surface area contributed by atoms with Crippen LogP contribution in [0.15, 0.2) is 36.5 Å². The first-order valence-corrected chi connectivity index (χ1v) is 15.4. The fourth-order valence-corrected chi connectivity index (χ4v) is 6.42. The fourth-order valence-electron chi connectivity index (χ4n) is 5.93. The van der Waals surface area contributed by atoms with Crippen LogP contribution in [-0.2, 0) is 16.0 Å². The molecule has 2 aromatic carbocycles. The molecule has 45 heavy (non-hydrogen) atoms. The average molecular weight is 657 g/mol. The van der Waals surface area contributed by atoms with Gasteiger partial charge in [0.25, 0.3) is 5.91 Å². The number of hydrogen-bond acceptors (Lipinski definition) is 6. The summed E-state index contributed by atoms with van der Waals surface area (Å²) < 4.78 is 41.8. The summed E-state index contributed by atoms with van der Waals surface area (Å²) in [7, 11) is 1.48. The Balaban J connectivity index is 1.23. The lowest BCUT2D eigenvalue weighted by Crippen LogP contribution is -2.40. The molecular weight excluding hydrogens is 627 g/mol. The quantitative estimate of drug-likeness (QED) is 0.213. The standard InChI is InChI=1S/C32H29Cl2F2N5O4/c1-31(30(37)43)14-45-28-20(31)11-23(39-27(28)16-8-21(33)25(35)22(34)9-16)19(15-3-4-15)12-38-29(42)17-7-18-13-41(32(36)5-6-32)40-26(18)24(10-17)44-2/h7-11,13,15,19H,3-6,12,14H2,1-2H3,(H2,37,43)(H,38,42)/t19?,31-/m0/s1. The highest BCUT2D eigenvalue weighted by Gasteiger charge is 2.47. The van der Waals surface area contributed by atoms with E-state index in [-0.39, 0.29) is 40.9 Å². The number of nitrogens with two attached hydrogens (primary N) is 1. The molecule has 0 saturated heterocycles. The van der Waals surface area contributed by atoms with Crippen LogP contribution >= 0.6 is 23.2 Å². The van der Waals surface area contributed by atoms with Gasteiger partial charge in [0, 0.05) is 59.3 Å². The number of pyridine rings is 1. The molecule has 2 aromatic heterocycles. The highest BCUT2D eigenvalue weighted by atomic mass is 35.5. The van der Waals surface area contributed by atoms with Gasteiger partial charge in [0.2, 0.25) is 11.7 Å². The van der Waals surface area contributed by atoms with Crippen LogP contribution < -0.4 is 20.5 Å². The van der Waals surface area contributed by atoms with E-state index < -0.39 is 22.9 Å². The maximum absolute atomic E-state index is 14.7. The Labute approximate surface area is 267 Å². The van der Waals surface area contributed by atoms with E-state index in [0.717, 1.165) is 12.8 Å². The van der Waals surface area contributed by atoms with Crippen molar-refractivity contribution in [3.8, 4) is 22.8 Å². The lowest BCUT2D eigenvalue weighted by atomic mass is 9.82. The Bertz CT molecular complexity index is 1890. The summed E-state index contributed by atoms with van der Waals surface area (Å²) in [6.45, 7) is 1.95. The lowest BCUT2D eigenvalue weighted by Gasteiger charge is -2.22. The highest BCUT2D eigenvalue weighted by molar-refractivity contribution is 6.35. The number of alkyl halides is 1. The molecule has 7 rings (SSSR count). The first kappa shape index (κ1) is 29.7. The zero-order valence-electron chi connectivity index (χ0n) is 24.4. The molecule has 0 bridgehead atoms. The Morgan fingerprint density at radius 3 is 2.53 bits per heavy atom. The summed E-state index contributed by atoms with van der Waals surface area (Å²) in [6, 6.07) is 7.88. The molecule has 2 aliphatic carbocycles. The normalized spacial score (nSPS) is 20.4. The predicted octanol–water partition coefficient (Wildman–Crippen LogP) is 6.03. The molecule has 1 aliphatic heterocycles. The van der Waals surface area contributed by atoms with Gasteiger partial charge in [-0.25, -0.2) is 18.4 Å². The average Bonchev–Trinajstić information content (AvgIpc) is 3.92. The van der Waals surface area contributed by atoms with Crippen molar-refractivity contribution in [3.05, 3.63) is 69.2 Å². The third-order valence-electron chi connectivity index (χ3n) is 9.08. The predicted molar refractivity (Wildman–Crippen MR) is 164 cm³/mol. The summed E-state index contributed by atoms with van der Waals surface area (Å²) >= 11 is 12.3. The van der Waals surface area contributed by atoms with Crippen LogP contribution in [0.1, 0.15) is 60.1 Å².